The van der Waals surface area contributed by atoms with Gasteiger partial charge in [-0.2, -0.15) is 0 Å². The molecule has 16 heavy (non-hydrogen) atoms. The normalized spacial score (nSPS) is 11.8. The summed E-state index contributed by atoms with van der Waals surface area (Å²) in [5.74, 6) is 1.16. The van der Waals surface area contributed by atoms with Gasteiger partial charge in [0.2, 0.25) is 5.91 Å². The fourth-order valence-electron chi connectivity index (χ4n) is 1.12. The lowest BCUT2D eigenvalue weighted by atomic mass is 10.2. The standard InChI is InChI=1S/C11H14BrNO3/c1-7(12)11(14)13-8-4-9(15-2)6-10(5-8)16-3/h4-7H,1-3H3,(H,13,14). The molecule has 0 heterocycles. The van der Waals surface area contributed by atoms with Crippen LogP contribution in [-0.2, 0) is 4.79 Å². The van der Waals surface area contributed by atoms with Crippen molar-refractivity contribution in [3.63, 3.8) is 0 Å². The van der Waals surface area contributed by atoms with E-state index in [4.69, 9.17) is 9.47 Å². The van der Waals surface area contributed by atoms with E-state index in [0.29, 0.717) is 17.2 Å². The largest absolute Gasteiger partial charge is 0.497 e. The number of carbonyl (C=O) groups excluding carboxylic acids is 1. The second-order valence-corrected chi connectivity index (χ2v) is 4.58. The summed E-state index contributed by atoms with van der Waals surface area (Å²) < 4.78 is 10.2. The number of halogens is 1. The summed E-state index contributed by atoms with van der Waals surface area (Å²) in [5.41, 5.74) is 0.646. The van der Waals surface area contributed by atoms with Crippen LogP contribution < -0.4 is 14.8 Å². The van der Waals surface area contributed by atoms with Gasteiger partial charge < -0.3 is 14.8 Å². The topological polar surface area (TPSA) is 47.6 Å². The average molecular weight is 288 g/mol. The number of carbonyl (C=O) groups is 1. The van der Waals surface area contributed by atoms with Crippen LogP contribution in [0.1, 0.15) is 6.92 Å². The molecule has 0 bridgehead atoms. The van der Waals surface area contributed by atoms with Gasteiger partial charge in [-0.3, -0.25) is 4.79 Å². The van der Waals surface area contributed by atoms with E-state index in [-0.39, 0.29) is 10.7 Å². The lowest BCUT2D eigenvalue weighted by Gasteiger charge is -2.10. The van der Waals surface area contributed by atoms with E-state index in [1.54, 1.807) is 39.3 Å². The Morgan fingerprint density at radius 3 is 2.12 bits per heavy atom. The Hall–Kier alpha value is -1.23. The van der Waals surface area contributed by atoms with E-state index in [1.165, 1.54) is 0 Å². The molecule has 1 N–H and O–H groups in total. The van der Waals surface area contributed by atoms with E-state index in [1.807, 2.05) is 0 Å². The molecule has 4 nitrogen and oxygen atoms in total. The van der Waals surface area contributed by atoms with Crippen LogP contribution in [0.15, 0.2) is 18.2 Å². The van der Waals surface area contributed by atoms with Gasteiger partial charge in [-0.1, -0.05) is 15.9 Å². The molecule has 0 saturated heterocycles. The SMILES string of the molecule is COc1cc(NC(=O)C(C)Br)cc(OC)c1. The van der Waals surface area contributed by atoms with Crippen LogP contribution in [0.25, 0.3) is 0 Å². The van der Waals surface area contributed by atoms with Gasteiger partial charge in [0.15, 0.2) is 0 Å². The monoisotopic (exact) mass is 287 g/mol. The van der Waals surface area contributed by atoms with Crippen LogP contribution in [0.4, 0.5) is 5.69 Å². The quantitative estimate of drug-likeness (QED) is 0.866. The molecule has 1 atom stereocenters. The van der Waals surface area contributed by atoms with E-state index in [9.17, 15) is 4.79 Å². The van der Waals surface area contributed by atoms with Crippen molar-refractivity contribution in [3.05, 3.63) is 18.2 Å². The predicted octanol–water partition coefficient (Wildman–Crippen LogP) is 2.43. The van der Waals surface area contributed by atoms with Gasteiger partial charge in [-0.15, -0.1) is 0 Å². The maximum absolute atomic E-state index is 11.5. The highest BCUT2D eigenvalue weighted by Gasteiger charge is 2.10. The minimum atomic E-state index is -0.246. The number of nitrogens with one attached hydrogen (secondary N) is 1. The van der Waals surface area contributed by atoms with Crippen molar-refractivity contribution >= 4 is 27.5 Å². The first-order valence-electron chi connectivity index (χ1n) is 4.75. The van der Waals surface area contributed by atoms with Crippen LogP contribution in [-0.4, -0.2) is 25.0 Å². The van der Waals surface area contributed by atoms with E-state index < -0.39 is 0 Å². The Balaban J connectivity index is 2.91. The number of alkyl halides is 1. The highest BCUT2D eigenvalue weighted by molar-refractivity contribution is 9.10. The molecule has 1 amide bonds. The summed E-state index contributed by atoms with van der Waals surface area (Å²) in [6.45, 7) is 1.76. The molecule has 0 aliphatic rings. The summed E-state index contributed by atoms with van der Waals surface area (Å²) in [7, 11) is 3.13. The van der Waals surface area contributed by atoms with E-state index in [0.717, 1.165) is 0 Å². The van der Waals surface area contributed by atoms with Gasteiger partial charge in [0.1, 0.15) is 11.5 Å². The van der Waals surface area contributed by atoms with Crippen LogP contribution in [0.5, 0.6) is 11.5 Å². The molecule has 0 radical (unpaired) electrons. The number of benzene rings is 1. The minimum Gasteiger partial charge on any atom is -0.497 e. The summed E-state index contributed by atoms with van der Waals surface area (Å²) in [4.78, 5) is 11.2. The van der Waals surface area contributed by atoms with Crippen molar-refractivity contribution in [1.82, 2.24) is 0 Å². The maximum atomic E-state index is 11.5. The van der Waals surface area contributed by atoms with Crippen LogP contribution in [0.2, 0.25) is 0 Å². The van der Waals surface area contributed by atoms with Crippen LogP contribution >= 0.6 is 15.9 Å². The van der Waals surface area contributed by atoms with Gasteiger partial charge in [-0.25, -0.2) is 0 Å². The average Bonchev–Trinajstić information content (AvgIpc) is 2.28. The maximum Gasteiger partial charge on any atom is 0.237 e. The van der Waals surface area contributed by atoms with Crippen molar-refractivity contribution in [1.29, 1.82) is 0 Å². The smallest absolute Gasteiger partial charge is 0.237 e. The molecule has 0 fully saturated rings. The third-order valence-electron chi connectivity index (χ3n) is 1.98. The van der Waals surface area contributed by atoms with Crippen molar-refractivity contribution in [2.45, 2.75) is 11.8 Å². The molecule has 0 aliphatic heterocycles. The third-order valence-corrected chi connectivity index (χ3v) is 2.40. The van der Waals surface area contributed by atoms with Crippen molar-refractivity contribution < 1.29 is 14.3 Å². The zero-order chi connectivity index (χ0) is 12.1. The summed E-state index contributed by atoms with van der Waals surface area (Å²) in [6, 6.07) is 5.21. The van der Waals surface area contributed by atoms with Gasteiger partial charge in [0, 0.05) is 23.9 Å². The molecule has 1 unspecified atom stereocenters. The number of hydrogen-bond acceptors (Lipinski definition) is 3. The van der Waals surface area contributed by atoms with E-state index >= 15 is 0 Å². The number of ether oxygens (including phenoxy) is 2. The van der Waals surface area contributed by atoms with Crippen LogP contribution in [0, 0.1) is 0 Å². The molecular weight excluding hydrogens is 274 g/mol. The van der Waals surface area contributed by atoms with Crippen molar-refractivity contribution in [2.75, 3.05) is 19.5 Å². The Morgan fingerprint density at radius 1 is 1.25 bits per heavy atom. The Labute approximate surface area is 103 Å². The minimum absolute atomic E-state index is 0.115. The molecule has 0 aliphatic carbocycles. The van der Waals surface area contributed by atoms with Gasteiger partial charge in [0.05, 0.1) is 19.0 Å². The summed E-state index contributed by atoms with van der Waals surface area (Å²) in [6.07, 6.45) is 0. The zero-order valence-electron chi connectivity index (χ0n) is 9.41. The second-order valence-electron chi connectivity index (χ2n) is 3.21. The number of methoxy groups -OCH3 is 2. The first kappa shape index (κ1) is 12.8. The number of amides is 1. The number of hydrogen-bond donors (Lipinski definition) is 1. The molecule has 5 heteroatoms. The number of anilines is 1. The fourth-order valence-corrected chi connectivity index (χ4v) is 1.24. The highest BCUT2D eigenvalue weighted by Crippen LogP contribution is 2.25. The van der Waals surface area contributed by atoms with Gasteiger partial charge in [0.25, 0.3) is 0 Å². The lowest BCUT2D eigenvalue weighted by Crippen LogP contribution is -2.19. The molecule has 0 aromatic heterocycles. The molecule has 0 saturated carbocycles. The third kappa shape index (κ3) is 3.41. The first-order chi connectivity index (χ1) is 7.56. The molecular formula is C11H14BrNO3. The van der Waals surface area contributed by atoms with Crippen molar-refractivity contribution in [3.8, 4) is 11.5 Å². The molecule has 1 aromatic carbocycles. The lowest BCUT2D eigenvalue weighted by molar-refractivity contribution is -0.115. The van der Waals surface area contributed by atoms with Gasteiger partial charge >= 0.3 is 0 Å². The molecule has 1 rings (SSSR count). The Morgan fingerprint density at radius 2 is 1.75 bits per heavy atom. The summed E-state index contributed by atoms with van der Waals surface area (Å²) >= 11 is 3.19. The van der Waals surface area contributed by atoms with E-state index in [2.05, 4.69) is 21.2 Å². The van der Waals surface area contributed by atoms with Gasteiger partial charge in [-0.05, 0) is 6.92 Å². The Kier molecular flexibility index (Phi) is 4.61. The zero-order valence-corrected chi connectivity index (χ0v) is 11.0. The van der Waals surface area contributed by atoms with Crippen molar-refractivity contribution in [2.24, 2.45) is 0 Å². The molecule has 88 valence electrons. The second kappa shape index (κ2) is 5.75. The predicted molar refractivity (Wildman–Crippen MR) is 66.6 cm³/mol. The Bertz CT molecular complexity index is 357. The first-order valence-corrected chi connectivity index (χ1v) is 5.66. The highest BCUT2D eigenvalue weighted by atomic mass is 79.9. The molecule has 0 spiro atoms. The fraction of sp³-hybridized carbons (Fsp3) is 0.364. The molecule has 1 aromatic rings. The number of rotatable bonds is 4. The summed E-state index contributed by atoms with van der Waals surface area (Å²) in [5, 5.41) is 2.74. The van der Waals surface area contributed by atoms with Crippen LogP contribution in [0.3, 0.4) is 0 Å².